The lowest BCUT2D eigenvalue weighted by atomic mass is 9.98. The standard InChI is InChI=1S/C24H32N2OS/c27-24(16-20-18-28-23-11-7-6-10-22(20)23)25-21-12-14-26(15-13-21)17-19-8-4-2-1-3-5-9-19/h6-8,10-11,18,21H,1-5,9,12-17H2,(H,25,27). The third-order valence-electron chi connectivity index (χ3n) is 6.18. The molecule has 2 aliphatic rings. The summed E-state index contributed by atoms with van der Waals surface area (Å²) < 4.78 is 1.27. The minimum atomic E-state index is 0.171. The molecule has 2 heterocycles. The maximum absolute atomic E-state index is 12.6. The monoisotopic (exact) mass is 396 g/mol. The van der Waals surface area contributed by atoms with Crippen LogP contribution in [0.15, 0.2) is 41.3 Å². The van der Waals surface area contributed by atoms with Gasteiger partial charge in [-0.05, 0) is 60.9 Å². The van der Waals surface area contributed by atoms with E-state index in [1.807, 2.05) is 0 Å². The van der Waals surface area contributed by atoms with Crippen molar-refractivity contribution in [1.29, 1.82) is 0 Å². The first-order chi connectivity index (χ1) is 13.8. The summed E-state index contributed by atoms with van der Waals surface area (Å²) in [6.07, 6.45) is 13.2. The van der Waals surface area contributed by atoms with Gasteiger partial charge in [0, 0.05) is 30.4 Å². The van der Waals surface area contributed by atoms with E-state index in [-0.39, 0.29) is 5.91 Å². The Bertz CT molecular complexity index is 817. The zero-order valence-corrected chi connectivity index (χ0v) is 17.6. The fourth-order valence-corrected chi connectivity index (χ4v) is 5.51. The number of nitrogens with one attached hydrogen (secondary N) is 1. The van der Waals surface area contributed by atoms with Crippen LogP contribution in [-0.2, 0) is 11.2 Å². The predicted octanol–water partition coefficient (Wildman–Crippen LogP) is 5.31. The molecule has 1 aromatic heterocycles. The Hall–Kier alpha value is -1.65. The number of hydrogen-bond donors (Lipinski definition) is 1. The fraction of sp³-hybridized carbons (Fsp3) is 0.542. The highest BCUT2D eigenvalue weighted by molar-refractivity contribution is 7.17. The first-order valence-electron chi connectivity index (χ1n) is 10.9. The number of hydrogen-bond acceptors (Lipinski definition) is 3. The molecule has 4 rings (SSSR count). The maximum Gasteiger partial charge on any atom is 0.224 e. The van der Waals surface area contributed by atoms with E-state index in [4.69, 9.17) is 0 Å². The summed E-state index contributed by atoms with van der Waals surface area (Å²) in [6, 6.07) is 8.69. The van der Waals surface area contributed by atoms with Crippen molar-refractivity contribution in [3.63, 3.8) is 0 Å². The average molecular weight is 397 g/mol. The van der Waals surface area contributed by atoms with E-state index in [2.05, 4.69) is 45.9 Å². The molecule has 3 nitrogen and oxygen atoms in total. The van der Waals surface area contributed by atoms with E-state index in [9.17, 15) is 4.79 Å². The molecule has 150 valence electrons. The number of fused-ring (bicyclic) bond motifs is 1. The van der Waals surface area contributed by atoms with Crippen molar-refractivity contribution in [2.45, 2.75) is 63.8 Å². The number of piperidine rings is 1. The van der Waals surface area contributed by atoms with Crippen molar-refractivity contribution in [3.8, 4) is 0 Å². The minimum absolute atomic E-state index is 0.171. The molecule has 28 heavy (non-hydrogen) atoms. The quantitative estimate of drug-likeness (QED) is 0.695. The average Bonchev–Trinajstić information content (AvgIpc) is 3.08. The number of likely N-dealkylation sites (tertiary alicyclic amines) is 1. The summed E-state index contributed by atoms with van der Waals surface area (Å²) in [4.78, 5) is 15.1. The SMILES string of the molecule is O=C(Cc1csc2ccccc12)NC1CCN(CC2=CCCCCCC2)CC1. The molecule has 0 bridgehead atoms. The van der Waals surface area contributed by atoms with Crippen LogP contribution in [0.25, 0.3) is 10.1 Å². The maximum atomic E-state index is 12.6. The van der Waals surface area contributed by atoms with E-state index in [0.717, 1.165) is 38.0 Å². The second-order valence-electron chi connectivity index (χ2n) is 8.37. The van der Waals surface area contributed by atoms with Crippen molar-refractivity contribution in [1.82, 2.24) is 10.2 Å². The summed E-state index contributed by atoms with van der Waals surface area (Å²) in [6.45, 7) is 3.34. The molecule has 1 saturated heterocycles. The number of benzene rings is 1. The van der Waals surface area contributed by atoms with Crippen LogP contribution in [0.3, 0.4) is 0 Å². The third kappa shape index (κ3) is 5.24. The largest absolute Gasteiger partial charge is 0.353 e. The predicted molar refractivity (Wildman–Crippen MR) is 119 cm³/mol. The third-order valence-corrected chi connectivity index (χ3v) is 7.19. The highest BCUT2D eigenvalue weighted by atomic mass is 32.1. The molecule has 0 atom stereocenters. The zero-order valence-electron chi connectivity index (χ0n) is 16.8. The molecule has 4 heteroatoms. The Morgan fingerprint density at radius 1 is 1.11 bits per heavy atom. The van der Waals surface area contributed by atoms with E-state index in [0.29, 0.717) is 12.5 Å². The lowest BCUT2D eigenvalue weighted by molar-refractivity contribution is -0.121. The van der Waals surface area contributed by atoms with Gasteiger partial charge < -0.3 is 5.32 Å². The van der Waals surface area contributed by atoms with Gasteiger partial charge in [0.25, 0.3) is 0 Å². The Morgan fingerprint density at radius 3 is 2.82 bits per heavy atom. The van der Waals surface area contributed by atoms with Gasteiger partial charge in [0.15, 0.2) is 0 Å². The normalized spacial score (nSPS) is 19.8. The van der Waals surface area contributed by atoms with Crippen LogP contribution in [0.2, 0.25) is 0 Å². The molecule has 0 saturated carbocycles. The Kier molecular flexibility index (Phi) is 6.81. The second-order valence-corrected chi connectivity index (χ2v) is 9.28. The zero-order chi connectivity index (χ0) is 19.2. The molecule has 1 amide bonds. The molecular formula is C24H32N2OS. The fourth-order valence-electron chi connectivity index (χ4n) is 4.55. The molecule has 1 aliphatic heterocycles. The number of rotatable bonds is 5. The van der Waals surface area contributed by atoms with Crippen LogP contribution < -0.4 is 5.32 Å². The van der Waals surface area contributed by atoms with Gasteiger partial charge in [0.2, 0.25) is 5.91 Å². The van der Waals surface area contributed by atoms with E-state index >= 15 is 0 Å². The minimum Gasteiger partial charge on any atom is -0.353 e. The number of amides is 1. The molecule has 1 fully saturated rings. The van der Waals surface area contributed by atoms with Gasteiger partial charge in [0.05, 0.1) is 6.42 Å². The number of nitrogens with zero attached hydrogens (tertiary/aromatic N) is 1. The van der Waals surface area contributed by atoms with Crippen LogP contribution in [0, 0.1) is 0 Å². The van der Waals surface area contributed by atoms with Crippen molar-refractivity contribution in [3.05, 3.63) is 46.9 Å². The lowest BCUT2D eigenvalue weighted by Crippen LogP contribution is -2.45. The number of carbonyl (C=O) groups excluding carboxylic acids is 1. The van der Waals surface area contributed by atoms with Gasteiger partial charge in [-0.15, -0.1) is 11.3 Å². The Balaban J connectivity index is 1.23. The van der Waals surface area contributed by atoms with Gasteiger partial charge >= 0.3 is 0 Å². The van der Waals surface area contributed by atoms with Crippen LogP contribution >= 0.6 is 11.3 Å². The molecule has 2 aromatic rings. The topological polar surface area (TPSA) is 32.3 Å². The molecule has 0 spiro atoms. The van der Waals surface area contributed by atoms with E-state index in [1.165, 1.54) is 48.6 Å². The molecular weight excluding hydrogens is 364 g/mol. The van der Waals surface area contributed by atoms with Gasteiger partial charge in [-0.1, -0.05) is 42.7 Å². The first-order valence-corrected chi connectivity index (χ1v) is 11.8. The van der Waals surface area contributed by atoms with E-state index in [1.54, 1.807) is 16.9 Å². The number of carbonyl (C=O) groups is 1. The highest BCUT2D eigenvalue weighted by Gasteiger charge is 2.21. The highest BCUT2D eigenvalue weighted by Crippen LogP contribution is 2.26. The Morgan fingerprint density at radius 2 is 1.93 bits per heavy atom. The lowest BCUT2D eigenvalue weighted by Gasteiger charge is -2.33. The smallest absolute Gasteiger partial charge is 0.224 e. The number of thiophene rings is 1. The summed E-state index contributed by atoms with van der Waals surface area (Å²) in [5.74, 6) is 0.171. The first kappa shape index (κ1) is 19.7. The van der Waals surface area contributed by atoms with Gasteiger partial charge in [-0.2, -0.15) is 0 Å². The molecule has 1 N–H and O–H groups in total. The van der Waals surface area contributed by atoms with Crippen molar-refractivity contribution in [2.75, 3.05) is 19.6 Å². The van der Waals surface area contributed by atoms with Crippen LogP contribution in [0.4, 0.5) is 0 Å². The van der Waals surface area contributed by atoms with Crippen LogP contribution in [0.1, 0.15) is 56.9 Å². The number of allylic oxidation sites excluding steroid dienone is 1. The summed E-state index contributed by atoms with van der Waals surface area (Å²) >= 11 is 1.73. The summed E-state index contributed by atoms with van der Waals surface area (Å²) in [5, 5.41) is 6.65. The molecule has 1 aliphatic carbocycles. The van der Waals surface area contributed by atoms with Crippen molar-refractivity contribution >= 4 is 27.3 Å². The second kappa shape index (κ2) is 9.71. The molecule has 1 aromatic carbocycles. The van der Waals surface area contributed by atoms with E-state index < -0.39 is 0 Å². The van der Waals surface area contributed by atoms with Crippen LogP contribution in [-0.4, -0.2) is 36.5 Å². The van der Waals surface area contributed by atoms with Gasteiger partial charge in [0.1, 0.15) is 0 Å². The van der Waals surface area contributed by atoms with Crippen molar-refractivity contribution in [2.24, 2.45) is 0 Å². The van der Waals surface area contributed by atoms with Crippen molar-refractivity contribution < 1.29 is 4.79 Å². The summed E-state index contributed by atoms with van der Waals surface area (Å²) in [5.41, 5.74) is 2.80. The van der Waals surface area contributed by atoms with Gasteiger partial charge in [-0.25, -0.2) is 0 Å². The Labute approximate surface area is 172 Å². The van der Waals surface area contributed by atoms with Crippen LogP contribution in [0.5, 0.6) is 0 Å². The molecule has 0 unspecified atom stereocenters. The summed E-state index contributed by atoms with van der Waals surface area (Å²) in [7, 11) is 0. The molecule has 0 radical (unpaired) electrons. The van der Waals surface area contributed by atoms with Gasteiger partial charge in [-0.3, -0.25) is 9.69 Å².